The lowest BCUT2D eigenvalue weighted by atomic mass is 10.0. The van der Waals surface area contributed by atoms with Crippen molar-refractivity contribution in [3.8, 4) is 11.1 Å². The molecule has 4 nitrogen and oxygen atoms in total. The first-order valence-corrected chi connectivity index (χ1v) is 5.43. The highest BCUT2D eigenvalue weighted by molar-refractivity contribution is 9.10. The van der Waals surface area contributed by atoms with Gasteiger partial charge in [-0.05, 0) is 24.6 Å². The second-order valence-electron chi connectivity index (χ2n) is 3.38. The average Bonchev–Trinajstić information content (AvgIpc) is 2.62. The van der Waals surface area contributed by atoms with E-state index in [4.69, 9.17) is 5.11 Å². The molecule has 0 aliphatic carbocycles. The Balaban J connectivity index is 2.58. The first-order valence-electron chi connectivity index (χ1n) is 4.64. The number of aromatic nitrogens is 2. The molecule has 1 aromatic carbocycles. The summed E-state index contributed by atoms with van der Waals surface area (Å²) in [5.41, 5.74) is 2.28. The number of nitrogens with one attached hydrogen (secondary N) is 1. The van der Waals surface area contributed by atoms with Crippen molar-refractivity contribution in [1.29, 1.82) is 0 Å². The van der Waals surface area contributed by atoms with Gasteiger partial charge in [-0.25, -0.2) is 4.79 Å². The zero-order chi connectivity index (χ0) is 11.7. The van der Waals surface area contributed by atoms with Gasteiger partial charge in [0.1, 0.15) is 0 Å². The standard InChI is InChI=1S/C11H9BrN2O2/c1-6-9(10(11(15)16)14-13-6)7-2-4-8(12)5-3-7/h2-5H,1H3,(H,13,14)(H,15,16). The number of halogens is 1. The van der Waals surface area contributed by atoms with Gasteiger partial charge in [-0.1, -0.05) is 28.1 Å². The number of aromatic carboxylic acids is 1. The highest BCUT2D eigenvalue weighted by Crippen LogP contribution is 2.26. The van der Waals surface area contributed by atoms with Gasteiger partial charge in [0, 0.05) is 15.7 Å². The van der Waals surface area contributed by atoms with Gasteiger partial charge in [0.05, 0.1) is 0 Å². The Kier molecular flexibility index (Phi) is 2.78. The van der Waals surface area contributed by atoms with E-state index < -0.39 is 5.97 Å². The van der Waals surface area contributed by atoms with Crippen LogP contribution in [-0.4, -0.2) is 21.3 Å². The summed E-state index contributed by atoms with van der Waals surface area (Å²) in [5.74, 6) is -1.03. The van der Waals surface area contributed by atoms with Crippen LogP contribution in [0.25, 0.3) is 11.1 Å². The topological polar surface area (TPSA) is 66.0 Å². The summed E-state index contributed by atoms with van der Waals surface area (Å²) in [5, 5.41) is 15.5. The van der Waals surface area contributed by atoms with Gasteiger partial charge < -0.3 is 5.11 Å². The average molecular weight is 281 g/mol. The summed E-state index contributed by atoms with van der Waals surface area (Å²) < 4.78 is 0.953. The van der Waals surface area contributed by atoms with Crippen LogP contribution >= 0.6 is 15.9 Å². The normalized spacial score (nSPS) is 10.4. The van der Waals surface area contributed by atoms with Gasteiger partial charge in [-0.2, -0.15) is 5.10 Å². The van der Waals surface area contributed by atoms with Crippen molar-refractivity contribution in [2.24, 2.45) is 0 Å². The molecule has 2 N–H and O–H groups in total. The molecule has 1 heterocycles. The quantitative estimate of drug-likeness (QED) is 0.889. The Morgan fingerprint density at radius 1 is 1.38 bits per heavy atom. The summed E-state index contributed by atoms with van der Waals surface area (Å²) in [6.07, 6.45) is 0. The minimum absolute atomic E-state index is 0.0554. The van der Waals surface area contributed by atoms with E-state index in [-0.39, 0.29) is 5.69 Å². The molecule has 16 heavy (non-hydrogen) atoms. The molecule has 0 saturated heterocycles. The summed E-state index contributed by atoms with van der Waals surface area (Å²) in [6, 6.07) is 7.45. The summed E-state index contributed by atoms with van der Waals surface area (Å²) >= 11 is 3.33. The third kappa shape index (κ3) is 1.86. The first-order chi connectivity index (χ1) is 7.59. The number of hydrogen-bond donors (Lipinski definition) is 2. The SMILES string of the molecule is Cc1[nH]nc(C(=O)O)c1-c1ccc(Br)cc1. The maximum absolute atomic E-state index is 11.0. The van der Waals surface area contributed by atoms with E-state index in [1.165, 1.54) is 0 Å². The molecule has 2 aromatic rings. The fraction of sp³-hybridized carbons (Fsp3) is 0.0909. The lowest BCUT2D eigenvalue weighted by Gasteiger charge is -2.01. The number of nitrogens with zero attached hydrogens (tertiary/aromatic N) is 1. The van der Waals surface area contributed by atoms with Crippen LogP contribution in [0, 0.1) is 6.92 Å². The van der Waals surface area contributed by atoms with Gasteiger partial charge in [-0.3, -0.25) is 5.10 Å². The van der Waals surface area contributed by atoms with Crippen LogP contribution in [0.5, 0.6) is 0 Å². The van der Waals surface area contributed by atoms with Crippen LogP contribution < -0.4 is 0 Å². The Bertz CT molecular complexity index is 531. The molecule has 0 unspecified atom stereocenters. The van der Waals surface area contributed by atoms with Crippen molar-refractivity contribution in [2.75, 3.05) is 0 Å². The van der Waals surface area contributed by atoms with Crippen LogP contribution in [0.2, 0.25) is 0 Å². The van der Waals surface area contributed by atoms with Crippen molar-refractivity contribution in [2.45, 2.75) is 6.92 Å². The number of aromatic amines is 1. The molecular formula is C11H9BrN2O2. The van der Waals surface area contributed by atoms with Gasteiger partial charge in [0.25, 0.3) is 0 Å². The number of aryl methyl sites for hydroxylation is 1. The minimum Gasteiger partial charge on any atom is -0.476 e. The molecule has 0 amide bonds. The van der Waals surface area contributed by atoms with Gasteiger partial charge >= 0.3 is 5.97 Å². The number of benzene rings is 1. The fourth-order valence-electron chi connectivity index (χ4n) is 1.55. The molecular weight excluding hydrogens is 272 g/mol. The lowest BCUT2D eigenvalue weighted by molar-refractivity contribution is 0.0691. The van der Waals surface area contributed by atoms with E-state index >= 15 is 0 Å². The number of carboxylic acids is 1. The fourth-order valence-corrected chi connectivity index (χ4v) is 1.82. The van der Waals surface area contributed by atoms with Gasteiger partial charge in [-0.15, -0.1) is 0 Å². The smallest absolute Gasteiger partial charge is 0.357 e. The Labute approximate surface area is 100 Å². The summed E-state index contributed by atoms with van der Waals surface area (Å²) in [7, 11) is 0. The Hall–Kier alpha value is -1.62. The van der Waals surface area contributed by atoms with E-state index in [1.54, 1.807) is 6.92 Å². The molecule has 0 aliphatic heterocycles. The zero-order valence-corrected chi connectivity index (χ0v) is 10.1. The monoisotopic (exact) mass is 280 g/mol. The molecule has 1 aromatic heterocycles. The molecule has 0 saturated carbocycles. The predicted molar refractivity (Wildman–Crippen MR) is 63.4 cm³/mol. The van der Waals surface area contributed by atoms with Crippen LogP contribution in [0.3, 0.4) is 0 Å². The molecule has 0 spiro atoms. The van der Waals surface area contributed by atoms with Crippen molar-refractivity contribution in [3.05, 3.63) is 40.1 Å². The summed E-state index contributed by atoms with van der Waals surface area (Å²) in [4.78, 5) is 11.0. The van der Waals surface area contributed by atoms with Crippen LogP contribution in [-0.2, 0) is 0 Å². The minimum atomic E-state index is -1.03. The molecule has 0 fully saturated rings. The Morgan fingerprint density at radius 2 is 2.00 bits per heavy atom. The van der Waals surface area contributed by atoms with Gasteiger partial charge in [0.2, 0.25) is 0 Å². The van der Waals surface area contributed by atoms with Crippen LogP contribution in [0.15, 0.2) is 28.7 Å². The highest BCUT2D eigenvalue weighted by atomic mass is 79.9. The summed E-state index contributed by atoms with van der Waals surface area (Å²) in [6.45, 7) is 1.80. The molecule has 0 bridgehead atoms. The molecule has 0 radical (unpaired) electrons. The number of carbonyl (C=O) groups is 1. The number of H-pyrrole nitrogens is 1. The maximum Gasteiger partial charge on any atom is 0.357 e. The van der Waals surface area contributed by atoms with E-state index in [9.17, 15) is 4.79 Å². The third-order valence-corrected chi connectivity index (χ3v) is 2.81. The number of carboxylic acid groups (broad SMARTS) is 1. The molecule has 0 aliphatic rings. The third-order valence-electron chi connectivity index (χ3n) is 2.28. The van der Waals surface area contributed by atoms with E-state index in [0.717, 1.165) is 15.7 Å². The van der Waals surface area contributed by atoms with E-state index in [1.807, 2.05) is 24.3 Å². The lowest BCUT2D eigenvalue weighted by Crippen LogP contribution is -1.99. The van der Waals surface area contributed by atoms with Crippen molar-refractivity contribution < 1.29 is 9.90 Å². The largest absolute Gasteiger partial charge is 0.476 e. The second kappa shape index (κ2) is 4.09. The Morgan fingerprint density at radius 3 is 2.56 bits per heavy atom. The second-order valence-corrected chi connectivity index (χ2v) is 4.30. The van der Waals surface area contributed by atoms with E-state index in [0.29, 0.717) is 5.56 Å². The van der Waals surface area contributed by atoms with Crippen molar-refractivity contribution in [3.63, 3.8) is 0 Å². The van der Waals surface area contributed by atoms with Gasteiger partial charge in [0.15, 0.2) is 5.69 Å². The maximum atomic E-state index is 11.0. The van der Waals surface area contributed by atoms with Crippen LogP contribution in [0.4, 0.5) is 0 Å². The van der Waals surface area contributed by atoms with E-state index in [2.05, 4.69) is 26.1 Å². The van der Waals surface area contributed by atoms with Crippen LogP contribution in [0.1, 0.15) is 16.2 Å². The molecule has 0 atom stereocenters. The molecule has 82 valence electrons. The van der Waals surface area contributed by atoms with Crippen molar-refractivity contribution >= 4 is 21.9 Å². The zero-order valence-electron chi connectivity index (χ0n) is 8.49. The molecule has 2 rings (SSSR count). The number of hydrogen-bond acceptors (Lipinski definition) is 2. The van der Waals surface area contributed by atoms with Crippen molar-refractivity contribution in [1.82, 2.24) is 10.2 Å². The predicted octanol–water partition coefficient (Wildman–Crippen LogP) is 2.85. The number of rotatable bonds is 2. The molecule has 5 heteroatoms. The first kappa shape index (κ1) is 10.9. The highest BCUT2D eigenvalue weighted by Gasteiger charge is 2.17.